The van der Waals surface area contributed by atoms with E-state index in [0.717, 1.165) is 0 Å². The lowest BCUT2D eigenvalue weighted by molar-refractivity contribution is -0.141. The van der Waals surface area contributed by atoms with Crippen LogP contribution >= 0.6 is 11.6 Å². The quantitative estimate of drug-likeness (QED) is 0.745. The number of sulfonamides is 1. The minimum absolute atomic E-state index is 0.119. The number of halogens is 1. The van der Waals surface area contributed by atoms with E-state index in [-0.39, 0.29) is 9.92 Å². The summed E-state index contributed by atoms with van der Waals surface area (Å²) in [6.07, 6.45) is -1.37. The molecule has 0 radical (unpaired) electrons. The molecule has 0 fully saturated rings. The molecule has 6 nitrogen and oxygen atoms in total. The lowest BCUT2D eigenvalue weighted by Crippen LogP contribution is -2.47. The molecule has 0 bridgehead atoms. The van der Waals surface area contributed by atoms with Gasteiger partial charge in [0, 0.05) is 5.02 Å². The zero-order chi connectivity index (χ0) is 14.8. The minimum atomic E-state index is -4.08. The lowest BCUT2D eigenvalue weighted by Gasteiger charge is -2.18. The highest BCUT2D eigenvalue weighted by molar-refractivity contribution is 7.89. The number of carboxylic acids is 1. The monoisotopic (exact) mass is 307 g/mol. The van der Waals surface area contributed by atoms with Gasteiger partial charge in [-0.15, -0.1) is 0 Å². The van der Waals surface area contributed by atoms with Crippen molar-refractivity contribution in [1.29, 1.82) is 0 Å². The van der Waals surface area contributed by atoms with E-state index in [1.807, 2.05) is 4.72 Å². The van der Waals surface area contributed by atoms with Gasteiger partial charge in [-0.05, 0) is 31.5 Å². The summed E-state index contributed by atoms with van der Waals surface area (Å²) in [5, 5.41) is 18.4. The van der Waals surface area contributed by atoms with E-state index in [2.05, 4.69) is 0 Å². The average Bonchev–Trinajstić information content (AvgIpc) is 2.28. The van der Waals surface area contributed by atoms with E-state index in [1.165, 1.54) is 32.0 Å². The van der Waals surface area contributed by atoms with Crippen molar-refractivity contribution in [2.75, 3.05) is 0 Å². The third kappa shape index (κ3) is 3.66. The van der Waals surface area contributed by atoms with Gasteiger partial charge < -0.3 is 10.2 Å². The van der Waals surface area contributed by atoms with Crippen LogP contribution in [-0.4, -0.2) is 36.7 Å². The van der Waals surface area contributed by atoms with Crippen LogP contribution in [0.15, 0.2) is 23.1 Å². The predicted molar refractivity (Wildman–Crippen MR) is 69.6 cm³/mol. The van der Waals surface area contributed by atoms with Crippen LogP contribution in [0.1, 0.15) is 12.5 Å². The van der Waals surface area contributed by atoms with Gasteiger partial charge in [0.1, 0.15) is 6.04 Å². The molecule has 0 aliphatic heterocycles. The van der Waals surface area contributed by atoms with Crippen molar-refractivity contribution in [3.05, 3.63) is 28.8 Å². The Morgan fingerprint density at radius 1 is 1.42 bits per heavy atom. The van der Waals surface area contributed by atoms with Crippen LogP contribution in [0, 0.1) is 6.92 Å². The van der Waals surface area contributed by atoms with Crippen molar-refractivity contribution >= 4 is 27.6 Å². The first-order valence-corrected chi connectivity index (χ1v) is 7.21. The van der Waals surface area contributed by atoms with Crippen molar-refractivity contribution in [3.8, 4) is 0 Å². The van der Waals surface area contributed by atoms with Gasteiger partial charge in [0.05, 0.1) is 11.0 Å². The van der Waals surface area contributed by atoms with Crippen molar-refractivity contribution in [3.63, 3.8) is 0 Å². The van der Waals surface area contributed by atoms with Crippen LogP contribution in [-0.2, 0) is 14.8 Å². The fourth-order valence-corrected chi connectivity index (χ4v) is 3.23. The van der Waals surface area contributed by atoms with Gasteiger partial charge in [0.25, 0.3) is 0 Å². The highest BCUT2D eigenvalue weighted by atomic mass is 35.5. The molecule has 0 aromatic heterocycles. The highest BCUT2D eigenvalue weighted by Gasteiger charge is 2.30. The summed E-state index contributed by atoms with van der Waals surface area (Å²) in [6.45, 7) is 2.70. The third-order valence-corrected chi connectivity index (χ3v) is 4.53. The first-order chi connectivity index (χ1) is 8.66. The van der Waals surface area contributed by atoms with Crippen LogP contribution in [0.4, 0.5) is 0 Å². The van der Waals surface area contributed by atoms with Gasteiger partial charge >= 0.3 is 5.97 Å². The summed E-state index contributed by atoms with van der Waals surface area (Å²) in [6, 6.07) is 2.66. The Morgan fingerprint density at radius 2 is 2.00 bits per heavy atom. The van der Waals surface area contributed by atoms with E-state index in [1.54, 1.807) is 0 Å². The molecule has 0 saturated heterocycles. The Balaban J connectivity index is 3.18. The number of hydrogen-bond donors (Lipinski definition) is 3. The second kappa shape index (κ2) is 5.87. The molecule has 0 amide bonds. The fourth-order valence-electron chi connectivity index (χ4n) is 1.46. The molecule has 1 aromatic rings. The molecule has 0 heterocycles. The first kappa shape index (κ1) is 15.9. The van der Waals surface area contributed by atoms with Crippen molar-refractivity contribution < 1.29 is 23.4 Å². The SMILES string of the molecule is Cc1c(Cl)cccc1S(=O)(=O)N[C@H](C(=O)O)[C@@H](C)O. The van der Waals surface area contributed by atoms with Gasteiger partial charge in [-0.1, -0.05) is 17.7 Å². The van der Waals surface area contributed by atoms with E-state index in [4.69, 9.17) is 16.7 Å². The van der Waals surface area contributed by atoms with Gasteiger partial charge in [0.2, 0.25) is 10.0 Å². The van der Waals surface area contributed by atoms with Crippen LogP contribution in [0.5, 0.6) is 0 Å². The third-order valence-electron chi connectivity index (χ3n) is 2.54. The second-order valence-corrected chi connectivity index (χ2v) is 6.13. The van der Waals surface area contributed by atoms with Crippen molar-refractivity contribution in [2.24, 2.45) is 0 Å². The van der Waals surface area contributed by atoms with Gasteiger partial charge in [-0.2, -0.15) is 4.72 Å². The number of carboxylic acid groups (broad SMARTS) is 1. The summed E-state index contributed by atoms with van der Waals surface area (Å²) >= 11 is 5.82. The number of rotatable bonds is 5. The summed E-state index contributed by atoms with van der Waals surface area (Å²) in [5.41, 5.74) is 0.311. The topological polar surface area (TPSA) is 104 Å². The number of aliphatic carboxylic acids is 1. The number of hydrogen-bond acceptors (Lipinski definition) is 4. The van der Waals surface area contributed by atoms with E-state index in [0.29, 0.717) is 5.56 Å². The maximum atomic E-state index is 12.1. The largest absolute Gasteiger partial charge is 0.480 e. The smallest absolute Gasteiger partial charge is 0.324 e. The number of nitrogens with one attached hydrogen (secondary N) is 1. The molecule has 19 heavy (non-hydrogen) atoms. The minimum Gasteiger partial charge on any atom is -0.480 e. The number of benzene rings is 1. The maximum absolute atomic E-state index is 12.1. The Morgan fingerprint density at radius 3 is 2.47 bits per heavy atom. The van der Waals surface area contributed by atoms with Gasteiger partial charge in [0.15, 0.2) is 0 Å². The van der Waals surface area contributed by atoms with E-state index < -0.39 is 28.1 Å². The zero-order valence-electron chi connectivity index (χ0n) is 10.3. The number of aliphatic hydroxyl groups is 1. The Hall–Kier alpha value is -1.15. The molecule has 2 atom stereocenters. The Bertz CT molecular complexity index is 585. The molecular weight excluding hydrogens is 294 g/mol. The molecule has 8 heteroatoms. The average molecular weight is 308 g/mol. The zero-order valence-corrected chi connectivity index (χ0v) is 11.9. The summed E-state index contributed by atoms with van der Waals surface area (Å²) in [7, 11) is -4.08. The molecule has 3 N–H and O–H groups in total. The Kier molecular flexibility index (Phi) is 4.92. The molecule has 0 spiro atoms. The van der Waals surface area contributed by atoms with Crippen LogP contribution in [0.25, 0.3) is 0 Å². The second-order valence-electron chi connectivity index (χ2n) is 4.04. The maximum Gasteiger partial charge on any atom is 0.324 e. The van der Waals surface area contributed by atoms with Gasteiger partial charge in [-0.25, -0.2) is 8.42 Å². The summed E-state index contributed by atoms with van der Waals surface area (Å²) in [4.78, 5) is 10.8. The van der Waals surface area contributed by atoms with E-state index >= 15 is 0 Å². The van der Waals surface area contributed by atoms with Crippen molar-refractivity contribution in [2.45, 2.75) is 30.9 Å². The molecule has 1 aromatic carbocycles. The Labute approximate surface area is 116 Å². The van der Waals surface area contributed by atoms with Gasteiger partial charge in [-0.3, -0.25) is 4.79 Å². The lowest BCUT2D eigenvalue weighted by atomic mass is 10.2. The molecular formula is C11H14ClNO5S. The predicted octanol–water partition coefficient (Wildman–Crippen LogP) is 0.761. The van der Waals surface area contributed by atoms with Crippen LogP contribution in [0.3, 0.4) is 0 Å². The fraction of sp³-hybridized carbons (Fsp3) is 0.364. The summed E-state index contributed by atoms with van der Waals surface area (Å²) < 4.78 is 26.1. The molecule has 0 unspecified atom stereocenters. The summed E-state index contributed by atoms with van der Waals surface area (Å²) in [5.74, 6) is -1.46. The highest BCUT2D eigenvalue weighted by Crippen LogP contribution is 2.22. The van der Waals surface area contributed by atoms with Crippen LogP contribution < -0.4 is 4.72 Å². The molecule has 0 aliphatic rings. The molecule has 106 valence electrons. The van der Waals surface area contributed by atoms with E-state index in [9.17, 15) is 18.3 Å². The number of aliphatic hydroxyl groups excluding tert-OH is 1. The van der Waals surface area contributed by atoms with Crippen molar-refractivity contribution in [1.82, 2.24) is 4.72 Å². The number of carbonyl (C=O) groups is 1. The normalized spacial score (nSPS) is 14.9. The first-order valence-electron chi connectivity index (χ1n) is 5.35. The standard InChI is InChI=1S/C11H14ClNO5S/c1-6-8(12)4-3-5-9(6)19(17,18)13-10(7(2)14)11(15)16/h3-5,7,10,13-14H,1-2H3,(H,15,16)/t7-,10+/m1/s1. The van der Waals surface area contributed by atoms with Crippen LogP contribution in [0.2, 0.25) is 5.02 Å². The molecule has 0 aliphatic carbocycles. The molecule has 0 saturated carbocycles. The molecule has 1 rings (SSSR count).